The van der Waals surface area contributed by atoms with Crippen molar-refractivity contribution in [3.05, 3.63) is 0 Å². The largest absolute Gasteiger partial charge is 0.469 e. The van der Waals surface area contributed by atoms with E-state index in [1.54, 1.807) is 0 Å². The van der Waals surface area contributed by atoms with Gasteiger partial charge in [0.05, 0.1) is 13.5 Å². The fraction of sp³-hybridized carbons (Fsp3) is 0.833. The first kappa shape index (κ1) is 14.8. The van der Waals surface area contributed by atoms with E-state index in [0.29, 0.717) is 26.1 Å². The second-order valence-electron chi connectivity index (χ2n) is 4.76. The maximum absolute atomic E-state index is 11.7. The van der Waals surface area contributed by atoms with Crippen LogP contribution in [0.15, 0.2) is 0 Å². The summed E-state index contributed by atoms with van der Waals surface area (Å²) in [5, 5.41) is 2.88. The zero-order valence-corrected chi connectivity index (χ0v) is 11.4. The number of hydrogen-bond donors (Lipinski definition) is 1. The van der Waals surface area contributed by atoms with Gasteiger partial charge in [-0.05, 0) is 13.8 Å². The molecule has 0 aliphatic carbocycles. The number of hydrogen-bond acceptors (Lipinski definition) is 4. The standard InChI is InChI=1S/C12H23N3O3/c1-10(2)13-12(17)15-8-6-14(7-9-15)5-4-11(16)18-3/h10H,4-9H2,1-3H3,(H,13,17). The normalized spacial score (nSPS) is 16.8. The Morgan fingerprint density at radius 1 is 1.22 bits per heavy atom. The SMILES string of the molecule is COC(=O)CCN1CCN(C(=O)NC(C)C)CC1. The average Bonchev–Trinajstić information content (AvgIpc) is 2.35. The molecule has 0 saturated carbocycles. The molecule has 1 aliphatic heterocycles. The second-order valence-corrected chi connectivity index (χ2v) is 4.76. The van der Waals surface area contributed by atoms with Crippen LogP contribution in [0.4, 0.5) is 4.79 Å². The van der Waals surface area contributed by atoms with Gasteiger partial charge in [0, 0.05) is 38.8 Å². The number of nitrogens with one attached hydrogen (secondary N) is 1. The highest BCUT2D eigenvalue weighted by molar-refractivity contribution is 5.74. The summed E-state index contributed by atoms with van der Waals surface area (Å²) in [5.41, 5.74) is 0. The Labute approximate surface area is 108 Å². The molecule has 6 heteroatoms. The van der Waals surface area contributed by atoms with E-state index in [4.69, 9.17) is 0 Å². The first-order valence-corrected chi connectivity index (χ1v) is 6.37. The van der Waals surface area contributed by atoms with Crippen molar-refractivity contribution in [2.75, 3.05) is 39.8 Å². The summed E-state index contributed by atoms with van der Waals surface area (Å²) >= 11 is 0. The molecule has 0 aromatic rings. The van der Waals surface area contributed by atoms with Gasteiger partial charge in [0.25, 0.3) is 0 Å². The Hall–Kier alpha value is -1.30. The molecule has 0 radical (unpaired) electrons. The summed E-state index contributed by atoms with van der Waals surface area (Å²) in [5.74, 6) is -0.185. The minimum atomic E-state index is -0.185. The van der Waals surface area contributed by atoms with Crippen LogP contribution < -0.4 is 5.32 Å². The number of rotatable bonds is 4. The fourth-order valence-electron chi connectivity index (χ4n) is 1.86. The van der Waals surface area contributed by atoms with Gasteiger partial charge < -0.3 is 15.0 Å². The van der Waals surface area contributed by atoms with Crippen molar-refractivity contribution in [3.8, 4) is 0 Å². The molecule has 0 spiro atoms. The van der Waals surface area contributed by atoms with Crippen molar-refractivity contribution in [1.29, 1.82) is 0 Å². The molecule has 0 unspecified atom stereocenters. The van der Waals surface area contributed by atoms with E-state index in [9.17, 15) is 9.59 Å². The van der Waals surface area contributed by atoms with Gasteiger partial charge >= 0.3 is 12.0 Å². The van der Waals surface area contributed by atoms with Gasteiger partial charge in [-0.15, -0.1) is 0 Å². The number of amides is 2. The molecular formula is C12H23N3O3. The number of methoxy groups -OCH3 is 1. The van der Waals surface area contributed by atoms with Crippen molar-refractivity contribution in [2.45, 2.75) is 26.3 Å². The third-order valence-corrected chi connectivity index (χ3v) is 2.93. The number of ether oxygens (including phenoxy) is 1. The molecule has 1 rings (SSSR count). The molecule has 1 heterocycles. The first-order valence-electron chi connectivity index (χ1n) is 6.37. The minimum Gasteiger partial charge on any atom is -0.469 e. The highest BCUT2D eigenvalue weighted by Crippen LogP contribution is 2.03. The van der Waals surface area contributed by atoms with Crippen LogP contribution in [0.1, 0.15) is 20.3 Å². The van der Waals surface area contributed by atoms with Gasteiger partial charge in [-0.3, -0.25) is 9.69 Å². The van der Waals surface area contributed by atoms with Crippen molar-refractivity contribution in [2.24, 2.45) is 0 Å². The molecule has 1 aliphatic rings. The minimum absolute atomic E-state index is 0.00221. The molecule has 1 fully saturated rings. The predicted octanol–water partition coefficient (Wildman–Crippen LogP) is 0.285. The van der Waals surface area contributed by atoms with Gasteiger partial charge in [0.2, 0.25) is 0 Å². The van der Waals surface area contributed by atoms with E-state index in [-0.39, 0.29) is 18.0 Å². The van der Waals surface area contributed by atoms with Crippen molar-refractivity contribution in [3.63, 3.8) is 0 Å². The summed E-state index contributed by atoms with van der Waals surface area (Å²) in [6.45, 7) is 7.63. The molecule has 1 saturated heterocycles. The quantitative estimate of drug-likeness (QED) is 0.735. The Kier molecular flexibility index (Phi) is 5.91. The third-order valence-electron chi connectivity index (χ3n) is 2.93. The van der Waals surface area contributed by atoms with E-state index in [0.717, 1.165) is 13.1 Å². The van der Waals surface area contributed by atoms with E-state index in [1.807, 2.05) is 18.7 Å². The van der Waals surface area contributed by atoms with Gasteiger partial charge in [-0.1, -0.05) is 0 Å². The number of piperazine rings is 1. The molecule has 0 atom stereocenters. The van der Waals surface area contributed by atoms with Crippen LogP contribution in [0.3, 0.4) is 0 Å². The summed E-state index contributed by atoms with van der Waals surface area (Å²) < 4.78 is 4.60. The summed E-state index contributed by atoms with van der Waals surface area (Å²) in [6, 6.07) is 0.160. The number of esters is 1. The van der Waals surface area contributed by atoms with Crippen LogP contribution in [-0.4, -0.2) is 67.7 Å². The maximum atomic E-state index is 11.7. The Balaban J connectivity index is 2.24. The lowest BCUT2D eigenvalue weighted by molar-refractivity contribution is -0.141. The smallest absolute Gasteiger partial charge is 0.317 e. The number of nitrogens with zero attached hydrogens (tertiary/aromatic N) is 2. The van der Waals surface area contributed by atoms with Crippen LogP contribution in [-0.2, 0) is 9.53 Å². The van der Waals surface area contributed by atoms with Crippen LogP contribution in [0.5, 0.6) is 0 Å². The van der Waals surface area contributed by atoms with Gasteiger partial charge in [0.15, 0.2) is 0 Å². The molecule has 104 valence electrons. The molecule has 0 aromatic carbocycles. The van der Waals surface area contributed by atoms with Crippen molar-refractivity contribution in [1.82, 2.24) is 15.1 Å². The van der Waals surface area contributed by atoms with Gasteiger partial charge in [0.1, 0.15) is 0 Å². The van der Waals surface area contributed by atoms with Crippen LogP contribution in [0.2, 0.25) is 0 Å². The van der Waals surface area contributed by atoms with Gasteiger partial charge in [-0.25, -0.2) is 4.79 Å². The van der Waals surface area contributed by atoms with E-state index < -0.39 is 0 Å². The zero-order chi connectivity index (χ0) is 13.5. The number of urea groups is 1. The topological polar surface area (TPSA) is 61.9 Å². The van der Waals surface area contributed by atoms with Crippen molar-refractivity contribution < 1.29 is 14.3 Å². The highest BCUT2D eigenvalue weighted by Gasteiger charge is 2.21. The van der Waals surface area contributed by atoms with Crippen LogP contribution >= 0.6 is 0 Å². The maximum Gasteiger partial charge on any atom is 0.317 e. The van der Waals surface area contributed by atoms with Crippen LogP contribution in [0, 0.1) is 0 Å². The van der Waals surface area contributed by atoms with E-state index in [2.05, 4.69) is 15.0 Å². The Morgan fingerprint density at radius 3 is 2.33 bits per heavy atom. The van der Waals surface area contributed by atoms with E-state index in [1.165, 1.54) is 7.11 Å². The zero-order valence-electron chi connectivity index (χ0n) is 11.4. The van der Waals surface area contributed by atoms with Gasteiger partial charge in [-0.2, -0.15) is 0 Å². The lowest BCUT2D eigenvalue weighted by atomic mass is 10.3. The molecular weight excluding hydrogens is 234 g/mol. The summed E-state index contributed by atoms with van der Waals surface area (Å²) in [6.07, 6.45) is 0.411. The highest BCUT2D eigenvalue weighted by atomic mass is 16.5. The third kappa shape index (κ3) is 4.91. The summed E-state index contributed by atoms with van der Waals surface area (Å²) in [7, 11) is 1.40. The molecule has 1 N–H and O–H groups in total. The lowest BCUT2D eigenvalue weighted by Crippen LogP contribution is -2.53. The fourth-order valence-corrected chi connectivity index (χ4v) is 1.86. The first-order chi connectivity index (χ1) is 8.52. The molecule has 6 nitrogen and oxygen atoms in total. The molecule has 0 aromatic heterocycles. The van der Waals surface area contributed by atoms with Crippen LogP contribution in [0.25, 0.3) is 0 Å². The van der Waals surface area contributed by atoms with E-state index >= 15 is 0 Å². The average molecular weight is 257 g/mol. The monoisotopic (exact) mass is 257 g/mol. The molecule has 2 amide bonds. The molecule has 0 bridgehead atoms. The Bertz CT molecular complexity index is 286. The predicted molar refractivity (Wildman–Crippen MR) is 68.3 cm³/mol. The molecule has 18 heavy (non-hydrogen) atoms. The number of carbonyl (C=O) groups excluding carboxylic acids is 2. The lowest BCUT2D eigenvalue weighted by Gasteiger charge is -2.34. The summed E-state index contributed by atoms with van der Waals surface area (Å²) in [4.78, 5) is 26.8. The Morgan fingerprint density at radius 2 is 1.83 bits per heavy atom. The second kappa shape index (κ2) is 7.20. The number of carbonyl (C=O) groups is 2. The van der Waals surface area contributed by atoms with Crippen molar-refractivity contribution >= 4 is 12.0 Å².